The average Bonchev–Trinajstić information content (AvgIpc) is 2.53. The summed E-state index contributed by atoms with van der Waals surface area (Å²) in [5.74, 6) is 0.579. The smallest absolute Gasteiger partial charge is 0.225 e. The van der Waals surface area contributed by atoms with E-state index in [0.29, 0.717) is 18.8 Å². The molecule has 0 radical (unpaired) electrons. The highest BCUT2D eigenvalue weighted by atomic mass is 35.5. The summed E-state index contributed by atoms with van der Waals surface area (Å²) in [6, 6.07) is 11.4. The molecule has 0 saturated carbocycles. The molecule has 0 fully saturated rings. The largest absolute Gasteiger partial charge is 0.380 e. The number of nitrogens with zero attached hydrogens (tertiary/aromatic N) is 1. The number of rotatable bonds is 7. The van der Waals surface area contributed by atoms with Crippen LogP contribution in [0.1, 0.15) is 31.7 Å². The quantitative estimate of drug-likeness (QED) is 0.792. The number of carbonyl (C=O) groups is 1. The lowest BCUT2D eigenvalue weighted by Crippen LogP contribution is -2.12. The third-order valence-corrected chi connectivity index (χ3v) is 3.60. The first-order valence-corrected chi connectivity index (χ1v) is 7.80. The zero-order valence-corrected chi connectivity index (χ0v) is 13.4. The Hall–Kier alpha value is -2.07. The van der Waals surface area contributed by atoms with E-state index in [9.17, 15) is 4.79 Å². The molecule has 1 amide bonds. The first kappa shape index (κ1) is 16.3. The second kappa shape index (κ2) is 8.39. The summed E-state index contributed by atoms with van der Waals surface area (Å²) in [6.07, 6.45) is 4.13. The van der Waals surface area contributed by atoms with Crippen molar-refractivity contribution in [3.63, 3.8) is 0 Å². The first-order chi connectivity index (χ1) is 10.7. The zero-order chi connectivity index (χ0) is 15.8. The van der Waals surface area contributed by atoms with E-state index in [0.717, 1.165) is 29.1 Å². The monoisotopic (exact) mass is 317 g/mol. The van der Waals surface area contributed by atoms with Crippen molar-refractivity contribution < 1.29 is 4.79 Å². The number of nitrogens with one attached hydrogen (secondary N) is 2. The van der Waals surface area contributed by atoms with Crippen LogP contribution in [0.2, 0.25) is 5.02 Å². The van der Waals surface area contributed by atoms with Crippen LogP contribution >= 0.6 is 11.6 Å². The molecule has 0 aliphatic carbocycles. The van der Waals surface area contributed by atoms with Crippen molar-refractivity contribution in [1.82, 2.24) is 4.98 Å². The van der Waals surface area contributed by atoms with Gasteiger partial charge in [-0.2, -0.15) is 0 Å². The van der Waals surface area contributed by atoms with Gasteiger partial charge in [0.2, 0.25) is 5.91 Å². The predicted molar refractivity (Wildman–Crippen MR) is 91.2 cm³/mol. The van der Waals surface area contributed by atoms with Crippen LogP contribution in [-0.2, 0) is 11.3 Å². The van der Waals surface area contributed by atoms with E-state index in [1.165, 1.54) is 0 Å². The molecular weight excluding hydrogens is 298 g/mol. The summed E-state index contributed by atoms with van der Waals surface area (Å²) in [7, 11) is 0. The van der Waals surface area contributed by atoms with Gasteiger partial charge in [0.15, 0.2) is 0 Å². The molecule has 2 rings (SSSR count). The molecule has 0 spiro atoms. The topological polar surface area (TPSA) is 54.0 Å². The number of hydrogen-bond donors (Lipinski definition) is 2. The highest BCUT2D eigenvalue weighted by molar-refractivity contribution is 6.31. The number of unbranched alkanes of at least 4 members (excludes halogenated alkanes) is 1. The molecular formula is C17H20ClN3O. The van der Waals surface area contributed by atoms with Gasteiger partial charge in [-0.15, -0.1) is 0 Å². The molecule has 1 aromatic heterocycles. The highest BCUT2D eigenvalue weighted by Crippen LogP contribution is 2.17. The molecule has 0 saturated heterocycles. The van der Waals surface area contributed by atoms with Crippen molar-refractivity contribution in [2.45, 2.75) is 32.7 Å². The fourth-order valence-electron chi connectivity index (χ4n) is 1.95. The second-order valence-corrected chi connectivity index (χ2v) is 5.44. The predicted octanol–water partition coefficient (Wildman–Crippen LogP) is 4.48. The Morgan fingerprint density at radius 1 is 1.23 bits per heavy atom. The lowest BCUT2D eigenvalue weighted by atomic mass is 10.2. The Kier molecular flexibility index (Phi) is 6.22. The molecule has 22 heavy (non-hydrogen) atoms. The first-order valence-electron chi connectivity index (χ1n) is 7.42. The van der Waals surface area contributed by atoms with Crippen LogP contribution in [0.3, 0.4) is 0 Å². The van der Waals surface area contributed by atoms with Crippen molar-refractivity contribution in [3.8, 4) is 0 Å². The normalized spacial score (nSPS) is 10.3. The Morgan fingerprint density at radius 2 is 2.05 bits per heavy atom. The number of hydrogen-bond acceptors (Lipinski definition) is 3. The fraction of sp³-hybridized carbons (Fsp3) is 0.294. The Morgan fingerprint density at radius 3 is 2.73 bits per heavy atom. The number of halogens is 1. The summed E-state index contributed by atoms with van der Waals surface area (Å²) in [6.45, 7) is 2.69. The fourth-order valence-corrected chi connectivity index (χ4v) is 2.16. The minimum Gasteiger partial charge on any atom is -0.380 e. The number of amides is 1. The maximum absolute atomic E-state index is 11.6. The van der Waals surface area contributed by atoms with Gasteiger partial charge in [0.25, 0.3) is 0 Å². The number of carbonyl (C=O) groups excluding carboxylic acids is 1. The summed E-state index contributed by atoms with van der Waals surface area (Å²) in [4.78, 5) is 15.9. The van der Waals surface area contributed by atoms with Gasteiger partial charge in [-0.1, -0.05) is 43.1 Å². The Labute approximate surface area is 135 Å². The third-order valence-electron chi connectivity index (χ3n) is 3.23. The molecule has 5 heteroatoms. The van der Waals surface area contributed by atoms with Crippen molar-refractivity contribution in [2.75, 3.05) is 10.6 Å². The standard InChI is InChI=1S/C17H20ClN3O/c1-2-3-8-17(22)21-16-10-9-14(12-20-16)19-11-13-6-4-5-7-15(13)18/h4-7,9-10,12,19H,2-3,8,11H2,1H3,(H,20,21,22). The average molecular weight is 318 g/mol. The van der Waals surface area contributed by atoms with Crippen LogP contribution in [0, 0.1) is 0 Å². The van der Waals surface area contributed by atoms with Crippen LogP contribution in [0.5, 0.6) is 0 Å². The molecule has 4 nitrogen and oxygen atoms in total. The van der Waals surface area contributed by atoms with Crippen molar-refractivity contribution in [1.29, 1.82) is 0 Å². The Bertz CT molecular complexity index is 614. The van der Waals surface area contributed by atoms with Gasteiger partial charge in [0, 0.05) is 18.0 Å². The molecule has 1 heterocycles. The zero-order valence-electron chi connectivity index (χ0n) is 12.6. The van der Waals surface area contributed by atoms with Crippen LogP contribution in [-0.4, -0.2) is 10.9 Å². The minimum atomic E-state index is 0.00567. The SMILES string of the molecule is CCCCC(=O)Nc1ccc(NCc2ccccc2Cl)cn1. The van der Waals surface area contributed by atoms with Gasteiger partial charge >= 0.3 is 0 Å². The minimum absolute atomic E-state index is 0.00567. The number of anilines is 2. The lowest BCUT2D eigenvalue weighted by Gasteiger charge is -2.09. The van der Waals surface area contributed by atoms with E-state index in [1.54, 1.807) is 12.3 Å². The van der Waals surface area contributed by atoms with Gasteiger partial charge in [0.05, 0.1) is 11.9 Å². The molecule has 0 bridgehead atoms. The van der Waals surface area contributed by atoms with Crippen molar-refractivity contribution >= 4 is 29.0 Å². The molecule has 0 unspecified atom stereocenters. The van der Waals surface area contributed by atoms with E-state index in [-0.39, 0.29) is 5.91 Å². The third kappa shape index (κ3) is 5.04. The van der Waals surface area contributed by atoms with Crippen LogP contribution < -0.4 is 10.6 Å². The second-order valence-electron chi connectivity index (χ2n) is 5.03. The molecule has 0 aliphatic heterocycles. The number of aromatic nitrogens is 1. The van der Waals surface area contributed by atoms with E-state index >= 15 is 0 Å². The van der Waals surface area contributed by atoms with E-state index in [4.69, 9.17) is 11.6 Å². The summed E-state index contributed by atoms with van der Waals surface area (Å²) >= 11 is 6.11. The molecule has 2 N–H and O–H groups in total. The molecule has 1 aromatic carbocycles. The molecule has 116 valence electrons. The number of pyridine rings is 1. The summed E-state index contributed by atoms with van der Waals surface area (Å²) < 4.78 is 0. The van der Waals surface area contributed by atoms with Crippen molar-refractivity contribution in [3.05, 3.63) is 53.2 Å². The maximum atomic E-state index is 11.6. The van der Waals surface area contributed by atoms with Crippen LogP contribution in [0.4, 0.5) is 11.5 Å². The molecule has 0 atom stereocenters. The Balaban J connectivity index is 1.87. The summed E-state index contributed by atoms with van der Waals surface area (Å²) in [5, 5.41) is 6.78. The molecule has 0 aliphatic rings. The maximum Gasteiger partial charge on any atom is 0.225 e. The van der Waals surface area contributed by atoms with Gasteiger partial charge in [0.1, 0.15) is 5.82 Å². The van der Waals surface area contributed by atoms with Gasteiger partial charge in [-0.05, 0) is 30.2 Å². The van der Waals surface area contributed by atoms with Gasteiger partial charge in [-0.25, -0.2) is 4.98 Å². The van der Waals surface area contributed by atoms with Crippen LogP contribution in [0.25, 0.3) is 0 Å². The molecule has 2 aromatic rings. The van der Waals surface area contributed by atoms with E-state index in [1.807, 2.05) is 30.3 Å². The van der Waals surface area contributed by atoms with Gasteiger partial charge < -0.3 is 10.6 Å². The highest BCUT2D eigenvalue weighted by Gasteiger charge is 2.03. The van der Waals surface area contributed by atoms with Crippen molar-refractivity contribution in [2.24, 2.45) is 0 Å². The van der Waals surface area contributed by atoms with Crippen LogP contribution in [0.15, 0.2) is 42.6 Å². The number of benzene rings is 1. The van der Waals surface area contributed by atoms with E-state index in [2.05, 4.69) is 22.5 Å². The van der Waals surface area contributed by atoms with E-state index < -0.39 is 0 Å². The van der Waals surface area contributed by atoms with Gasteiger partial charge in [-0.3, -0.25) is 4.79 Å². The summed E-state index contributed by atoms with van der Waals surface area (Å²) in [5.41, 5.74) is 1.91. The lowest BCUT2D eigenvalue weighted by molar-refractivity contribution is -0.116.